The highest BCUT2D eigenvalue weighted by molar-refractivity contribution is 5.72. The van der Waals surface area contributed by atoms with Crippen molar-refractivity contribution in [3.05, 3.63) is 42.0 Å². The van der Waals surface area contributed by atoms with E-state index in [9.17, 15) is 9.90 Å². The zero-order chi connectivity index (χ0) is 16.1. The Hall–Kier alpha value is -2.76. The molecule has 0 spiro atoms. The zero-order valence-electron chi connectivity index (χ0n) is 12.5. The maximum atomic E-state index is 10.6. The molecule has 2 rings (SSSR count). The summed E-state index contributed by atoms with van der Waals surface area (Å²) in [7, 11) is 0. The molecule has 116 valence electrons. The number of rotatable bonds is 6. The van der Waals surface area contributed by atoms with Gasteiger partial charge in [0.2, 0.25) is 0 Å². The maximum absolute atomic E-state index is 10.6. The minimum Gasteiger partial charge on any atom is -0.508 e. The van der Waals surface area contributed by atoms with Crippen LogP contribution in [0.5, 0.6) is 5.75 Å². The van der Waals surface area contributed by atoms with Gasteiger partial charge in [-0.1, -0.05) is 19.9 Å². The van der Waals surface area contributed by atoms with Gasteiger partial charge in [0.25, 0.3) is 0 Å². The van der Waals surface area contributed by atoms with Gasteiger partial charge in [-0.3, -0.25) is 4.79 Å². The third-order valence-corrected chi connectivity index (χ3v) is 3.09. The quantitative estimate of drug-likeness (QED) is 0.612. The number of carbonyl (C=O) groups is 1. The number of pyridine rings is 1. The lowest BCUT2D eigenvalue weighted by Gasteiger charge is -2.12. The fourth-order valence-corrected chi connectivity index (χ4v) is 2.01. The average Bonchev–Trinajstić information content (AvgIpc) is 2.47. The summed E-state index contributed by atoms with van der Waals surface area (Å²) >= 11 is 0. The number of hydrogen-bond acceptors (Lipinski definition) is 5. The van der Waals surface area contributed by atoms with Gasteiger partial charge in [0.15, 0.2) is 0 Å². The molecule has 0 radical (unpaired) electrons. The molecular weight excluding hydrogens is 282 g/mol. The van der Waals surface area contributed by atoms with Gasteiger partial charge in [0, 0.05) is 5.69 Å². The molecule has 2 aromatic rings. The van der Waals surface area contributed by atoms with Crippen molar-refractivity contribution in [3.63, 3.8) is 0 Å². The molecule has 0 aliphatic carbocycles. The first-order valence-electron chi connectivity index (χ1n) is 6.98. The number of phenolic OH excluding ortho intramolecular Hbond substituents is 1. The van der Waals surface area contributed by atoms with Crippen molar-refractivity contribution in [2.75, 3.05) is 17.2 Å². The summed E-state index contributed by atoms with van der Waals surface area (Å²) in [4.78, 5) is 14.8. The van der Waals surface area contributed by atoms with Crippen LogP contribution in [0.2, 0.25) is 0 Å². The number of aliphatic carboxylic acids is 1. The smallest absolute Gasteiger partial charge is 0.322 e. The van der Waals surface area contributed by atoms with E-state index < -0.39 is 5.97 Å². The van der Waals surface area contributed by atoms with Gasteiger partial charge in [-0.15, -0.1) is 0 Å². The predicted molar refractivity (Wildman–Crippen MR) is 85.8 cm³/mol. The van der Waals surface area contributed by atoms with E-state index in [1.54, 1.807) is 30.3 Å². The molecule has 0 atom stereocenters. The maximum Gasteiger partial charge on any atom is 0.322 e. The van der Waals surface area contributed by atoms with Crippen LogP contribution in [-0.2, 0) is 4.79 Å². The Morgan fingerprint density at radius 3 is 2.64 bits per heavy atom. The highest BCUT2D eigenvalue weighted by atomic mass is 16.4. The van der Waals surface area contributed by atoms with Crippen LogP contribution in [0.4, 0.5) is 17.3 Å². The topological polar surface area (TPSA) is 94.5 Å². The van der Waals surface area contributed by atoms with E-state index in [0.29, 0.717) is 11.6 Å². The molecule has 0 saturated heterocycles. The third-order valence-electron chi connectivity index (χ3n) is 3.09. The van der Waals surface area contributed by atoms with E-state index in [1.165, 1.54) is 0 Å². The summed E-state index contributed by atoms with van der Waals surface area (Å²) in [6.45, 7) is 3.83. The van der Waals surface area contributed by atoms with Crippen molar-refractivity contribution in [3.8, 4) is 5.75 Å². The summed E-state index contributed by atoms with van der Waals surface area (Å²) in [5.74, 6) is 0.606. The van der Waals surface area contributed by atoms with Gasteiger partial charge in [-0.25, -0.2) is 4.98 Å². The summed E-state index contributed by atoms with van der Waals surface area (Å²) in [5, 5.41) is 24.3. The number of phenols is 1. The second-order valence-corrected chi connectivity index (χ2v) is 5.21. The fourth-order valence-electron chi connectivity index (χ4n) is 2.01. The van der Waals surface area contributed by atoms with E-state index in [2.05, 4.69) is 15.6 Å². The van der Waals surface area contributed by atoms with Crippen LogP contribution in [0.15, 0.2) is 36.4 Å². The van der Waals surface area contributed by atoms with Crippen LogP contribution in [0, 0.1) is 0 Å². The first-order chi connectivity index (χ1) is 10.5. The number of carboxylic acid groups (broad SMARTS) is 1. The zero-order valence-corrected chi connectivity index (χ0v) is 12.5. The first-order valence-corrected chi connectivity index (χ1v) is 6.98. The molecule has 4 N–H and O–H groups in total. The molecule has 0 aliphatic heterocycles. The van der Waals surface area contributed by atoms with Crippen LogP contribution in [-0.4, -0.2) is 27.7 Å². The molecule has 22 heavy (non-hydrogen) atoms. The molecule has 1 aromatic heterocycles. The van der Waals surface area contributed by atoms with Gasteiger partial charge < -0.3 is 20.8 Å². The van der Waals surface area contributed by atoms with Crippen LogP contribution in [0.1, 0.15) is 25.3 Å². The van der Waals surface area contributed by atoms with Gasteiger partial charge in [0.05, 0.1) is 0 Å². The highest BCUT2D eigenvalue weighted by Gasteiger charge is 2.07. The monoisotopic (exact) mass is 301 g/mol. The number of benzene rings is 1. The van der Waals surface area contributed by atoms with Crippen LogP contribution < -0.4 is 10.6 Å². The van der Waals surface area contributed by atoms with Crippen LogP contribution in [0.3, 0.4) is 0 Å². The first kappa shape index (κ1) is 15.6. The molecule has 0 aliphatic rings. The molecule has 0 bridgehead atoms. The minimum atomic E-state index is -0.944. The Morgan fingerprint density at radius 2 is 1.95 bits per heavy atom. The number of hydrogen-bond donors (Lipinski definition) is 4. The van der Waals surface area contributed by atoms with Crippen LogP contribution >= 0.6 is 0 Å². The van der Waals surface area contributed by atoms with Crippen molar-refractivity contribution in [2.24, 2.45) is 0 Å². The van der Waals surface area contributed by atoms with E-state index in [4.69, 9.17) is 5.11 Å². The van der Waals surface area contributed by atoms with Gasteiger partial charge >= 0.3 is 5.97 Å². The lowest BCUT2D eigenvalue weighted by molar-refractivity contribution is -0.134. The standard InChI is InChI=1S/C16H19N3O3/c1-10(2)12-8-11(6-7-13(12)20)18-15-5-3-4-14(19-15)17-9-16(21)22/h3-8,10,20H,9H2,1-2H3,(H,21,22)(H2,17,18,19). The Balaban J connectivity index is 2.15. The Morgan fingerprint density at radius 1 is 1.23 bits per heavy atom. The van der Waals surface area contributed by atoms with Crippen molar-refractivity contribution in [2.45, 2.75) is 19.8 Å². The normalized spacial score (nSPS) is 10.5. The average molecular weight is 301 g/mol. The molecule has 0 amide bonds. The third kappa shape index (κ3) is 4.12. The Bertz CT molecular complexity index is 671. The summed E-state index contributed by atoms with van der Waals surface area (Å²) in [5.41, 5.74) is 1.66. The van der Waals surface area contributed by atoms with Crippen molar-refractivity contribution >= 4 is 23.3 Å². The van der Waals surface area contributed by atoms with Crippen LogP contribution in [0.25, 0.3) is 0 Å². The molecule has 1 aromatic carbocycles. The number of carboxylic acids is 1. The van der Waals surface area contributed by atoms with E-state index in [1.807, 2.05) is 19.9 Å². The van der Waals surface area contributed by atoms with E-state index in [-0.39, 0.29) is 18.2 Å². The van der Waals surface area contributed by atoms with Gasteiger partial charge in [-0.05, 0) is 41.8 Å². The van der Waals surface area contributed by atoms with Gasteiger partial charge in [-0.2, -0.15) is 0 Å². The predicted octanol–water partition coefficient (Wildman–Crippen LogP) is 3.15. The van der Waals surface area contributed by atoms with Crippen molar-refractivity contribution < 1.29 is 15.0 Å². The molecule has 0 unspecified atom stereocenters. The molecule has 0 saturated carbocycles. The number of nitrogens with zero attached hydrogens (tertiary/aromatic N) is 1. The lowest BCUT2D eigenvalue weighted by atomic mass is 10.0. The molecular formula is C16H19N3O3. The molecule has 0 fully saturated rings. The second-order valence-electron chi connectivity index (χ2n) is 5.21. The SMILES string of the molecule is CC(C)c1cc(Nc2cccc(NCC(=O)O)n2)ccc1O. The highest BCUT2D eigenvalue weighted by Crippen LogP contribution is 2.29. The van der Waals surface area contributed by atoms with E-state index in [0.717, 1.165) is 11.3 Å². The summed E-state index contributed by atoms with van der Waals surface area (Å²) < 4.78 is 0. The molecule has 6 heteroatoms. The van der Waals surface area contributed by atoms with Crippen molar-refractivity contribution in [1.29, 1.82) is 0 Å². The minimum absolute atomic E-state index is 0.187. The van der Waals surface area contributed by atoms with Crippen molar-refractivity contribution in [1.82, 2.24) is 4.98 Å². The summed E-state index contributed by atoms with van der Waals surface area (Å²) in [6.07, 6.45) is 0. The Labute approximate surface area is 128 Å². The molecule has 6 nitrogen and oxygen atoms in total. The fraction of sp³-hybridized carbons (Fsp3) is 0.250. The van der Waals surface area contributed by atoms with E-state index >= 15 is 0 Å². The number of nitrogens with one attached hydrogen (secondary N) is 2. The Kier molecular flexibility index (Phi) is 4.83. The second kappa shape index (κ2) is 6.80. The number of aromatic hydroxyl groups is 1. The molecule has 1 heterocycles. The number of aromatic nitrogens is 1. The summed E-state index contributed by atoms with van der Waals surface area (Å²) in [6, 6.07) is 10.5. The lowest BCUT2D eigenvalue weighted by Crippen LogP contribution is -2.13. The number of anilines is 3. The largest absolute Gasteiger partial charge is 0.508 e. The van der Waals surface area contributed by atoms with Gasteiger partial charge in [0.1, 0.15) is 23.9 Å².